The van der Waals surface area contributed by atoms with Gasteiger partial charge in [0.1, 0.15) is 5.75 Å². The second kappa shape index (κ2) is 10.2. The molecule has 30 heavy (non-hydrogen) atoms. The molecule has 0 saturated carbocycles. The van der Waals surface area contributed by atoms with Gasteiger partial charge >= 0.3 is 0 Å². The number of aliphatic hydroxyl groups is 1. The number of hydrogen-bond acceptors (Lipinski definition) is 6. The normalized spacial score (nSPS) is 13.3. The van der Waals surface area contributed by atoms with Crippen molar-refractivity contribution in [1.29, 1.82) is 0 Å². The molecule has 158 valence electrons. The van der Waals surface area contributed by atoms with Gasteiger partial charge in [0.15, 0.2) is 0 Å². The first-order chi connectivity index (χ1) is 14.4. The molecule has 0 fully saturated rings. The van der Waals surface area contributed by atoms with E-state index < -0.39 is 12.0 Å². The molecule has 2 aromatic carbocycles. The summed E-state index contributed by atoms with van der Waals surface area (Å²) in [4.78, 5) is 15.8. The highest BCUT2D eigenvalue weighted by atomic mass is 16.5. The van der Waals surface area contributed by atoms with Gasteiger partial charge in [-0.1, -0.05) is 24.3 Å². The number of aromatic hydroxyl groups is 1. The van der Waals surface area contributed by atoms with Gasteiger partial charge in [0.05, 0.1) is 23.8 Å². The standard InChI is InChI=1S/C23H27N3O4/c1-15(25-13-22(28)18-6-7-21(27)19(11-18)23(24)29)8-9-30-14-16-10-17-4-2-3-5-20(17)26-12-16/h2-7,10-12,15,22,25,27-28H,8-9,13-14H2,1H3,(H2,24,29). The third-order valence-electron chi connectivity index (χ3n) is 4.94. The molecule has 2 atom stereocenters. The zero-order valence-corrected chi connectivity index (χ0v) is 16.9. The van der Waals surface area contributed by atoms with Crippen LogP contribution >= 0.6 is 0 Å². The Hall–Kier alpha value is -3.00. The fourth-order valence-electron chi connectivity index (χ4n) is 3.14. The van der Waals surface area contributed by atoms with Crippen molar-refractivity contribution < 1.29 is 19.7 Å². The minimum absolute atomic E-state index is 0.00354. The van der Waals surface area contributed by atoms with Gasteiger partial charge in [-0.15, -0.1) is 0 Å². The van der Waals surface area contributed by atoms with Crippen molar-refractivity contribution in [2.45, 2.75) is 32.1 Å². The molecule has 3 rings (SSSR count). The molecule has 1 aromatic heterocycles. The summed E-state index contributed by atoms with van der Waals surface area (Å²) in [6.45, 7) is 3.39. The Kier molecular flexibility index (Phi) is 7.35. The van der Waals surface area contributed by atoms with Crippen LogP contribution in [0, 0.1) is 0 Å². The van der Waals surface area contributed by atoms with Gasteiger partial charge < -0.3 is 26.0 Å². The molecule has 0 aliphatic carbocycles. The zero-order chi connectivity index (χ0) is 21.5. The number of benzene rings is 2. The van der Waals surface area contributed by atoms with Gasteiger partial charge in [0.25, 0.3) is 5.91 Å². The molecule has 0 radical (unpaired) electrons. The van der Waals surface area contributed by atoms with Crippen molar-refractivity contribution in [2.75, 3.05) is 13.2 Å². The minimum atomic E-state index is -0.823. The SMILES string of the molecule is CC(CCOCc1cnc2ccccc2c1)NCC(O)c1ccc(O)c(C(N)=O)c1. The number of hydrogen-bond donors (Lipinski definition) is 4. The molecule has 3 aromatic rings. The summed E-state index contributed by atoms with van der Waals surface area (Å²) in [5.41, 5.74) is 7.74. The second-order valence-corrected chi connectivity index (χ2v) is 7.34. The molecule has 0 spiro atoms. The van der Waals surface area contributed by atoms with Gasteiger partial charge in [-0.25, -0.2) is 0 Å². The number of amides is 1. The van der Waals surface area contributed by atoms with E-state index in [1.54, 1.807) is 6.07 Å². The molecule has 5 N–H and O–H groups in total. The lowest BCUT2D eigenvalue weighted by Gasteiger charge is -2.18. The number of fused-ring (bicyclic) bond motifs is 1. The van der Waals surface area contributed by atoms with Crippen molar-refractivity contribution in [3.05, 3.63) is 71.4 Å². The highest BCUT2D eigenvalue weighted by molar-refractivity contribution is 5.95. The molecule has 7 heteroatoms. The largest absolute Gasteiger partial charge is 0.507 e. The van der Waals surface area contributed by atoms with Crippen LogP contribution in [0.15, 0.2) is 54.7 Å². The maximum atomic E-state index is 11.3. The average Bonchev–Trinajstić information content (AvgIpc) is 2.75. The van der Waals surface area contributed by atoms with Gasteiger partial charge in [-0.05, 0) is 48.7 Å². The third-order valence-corrected chi connectivity index (χ3v) is 4.94. The van der Waals surface area contributed by atoms with Gasteiger partial charge in [-0.3, -0.25) is 9.78 Å². The number of carbonyl (C=O) groups excluding carboxylic acids is 1. The fraction of sp³-hybridized carbons (Fsp3) is 0.304. The maximum Gasteiger partial charge on any atom is 0.252 e. The van der Waals surface area contributed by atoms with Crippen LogP contribution in [0.3, 0.4) is 0 Å². The minimum Gasteiger partial charge on any atom is -0.507 e. The number of aromatic nitrogens is 1. The molecule has 7 nitrogen and oxygen atoms in total. The summed E-state index contributed by atoms with van der Waals surface area (Å²) in [5.74, 6) is -0.930. The van der Waals surface area contributed by atoms with Crippen LogP contribution in [-0.4, -0.2) is 40.3 Å². The first kappa shape index (κ1) is 21.7. The Bertz CT molecular complexity index is 1010. The maximum absolute atomic E-state index is 11.3. The summed E-state index contributed by atoms with van der Waals surface area (Å²) in [6, 6.07) is 14.5. The quantitative estimate of drug-likeness (QED) is 0.383. The number of primary amides is 1. The molecule has 2 unspecified atom stereocenters. The first-order valence-electron chi connectivity index (χ1n) is 9.89. The van der Waals surface area contributed by atoms with Crippen molar-refractivity contribution in [3.8, 4) is 5.75 Å². The van der Waals surface area contributed by atoms with E-state index >= 15 is 0 Å². The highest BCUT2D eigenvalue weighted by Gasteiger charge is 2.14. The number of aliphatic hydroxyl groups excluding tert-OH is 1. The second-order valence-electron chi connectivity index (χ2n) is 7.34. The predicted molar refractivity (Wildman–Crippen MR) is 115 cm³/mol. The number of nitrogens with two attached hydrogens (primary N) is 1. The lowest BCUT2D eigenvalue weighted by molar-refractivity contribution is 0.0997. The van der Waals surface area contributed by atoms with Crippen molar-refractivity contribution in [3.63, 3.8) is 0 Å². The van der Waals surface area contributed by atoms with Crippen LogP contribution in [0.25, 0.3) is 10.9 Å². The number of para-hydroxylation sites is 1. The summed E-state index contributed by atoms with van der Waals surface area (Å²) >= 11 is 0. The molecule has 0 bridgehead atoms. The lowest BCUT2D eigenvalue weighted by atomic mass is 10.0. The fourth-order valence-corrected chi connectivity index (χ4v) is 3.14. The summed E-state index contributed by atoms with van der Waals surface area (Å²) < 4.78 is 5.76. The molecular formula is C23H27N3O4. The Labute approximate surface area is 175 Å². The number of ether oxygens (including phenoxy) is 1. The zero-order valence-electron chi connectivity index (χ0n) is 16.9. The van der Waals surface area contributed by atoms with Crippen LogP contribution in [-0.2, 0) is 11.3 Å². The van der Waals surface area contributed by atoms with Crippen molar-refractivity contribution in [2.24, 2.45) is 5.73 Å². The van der Waals surface area contributed by atoms with Crippen molar-refractivity contribution in [1.82, 2.24) is 10.3 Å². The van der Waals surface area contributed by atoms with Crippen LogP contribution < -0.4 is 11.1 Å². The molecule has 1 amide bonds. The Morgan fingerprint density at radius 1 is 1.23 bits per heavy atom. The van der Waals surface area contributed by atoms with Gasteiger partial charge in [0.2, 0.25) is 0 Å². The molecule has 0 aliphatic heterocycles. The Morgan fingerprint density at radius 2 is 2.03 bits per heavy atom. The van der Waals surface area contributed by atoms with E-state index in [2.05, 4.69) is 16.4 Å². The number of pyridine rings is 1. The van der Waals surface area contributed by atoms with Crippen LogP contribution in [0.4, 0.5) is 0 Å². The Balaban J connectivity index is 1.40. The van der Waals surface area contributed by atoms with E-state index in [1.165, 1.54) is 12.1 Å². The number of nitrogens with one attached hydrogen (secondary N) is 1. The molecular weight excluding hydrogens is 382 g/mol. The summed E-state index contributed by atoms with van der Waals surface area (Å²) in [6.07, 6.45) is 1.78. The molecule has 0 aliphatic rings. The monoisotopic (exact) mass is 409 g/mol. The van der Waals surface area contributed by atoms with Crippen LogP contribution in [0.5, 0.6) is 5.75 Å². The van der Waals surface area contributed by atoms with E-state index in [4.69, 9.17) is 10.5 Å². The van der Waals surface area contributed by atoms with E-state index in [9.17, 15) is 15.0 Å². The van der Waals surface area contributed by atoms with E-state index in [0.29, 0.717) is 25.3 Å². The number of carbonyl (C=O) groups is 1. The Morgan fingerprint density at radius 3 is 2.83 bits per heavy atom. The smallest absolute Gasteiger partial charge is 0.252 e. The van der Waals surface area contributed by atoms with E-state index in [1.807, 2.05) is 37.4 Å². The molecule has 0 saturated heterocycles. The topological polar surface area (TPSA) is 118 Å². The number of nitrogens with zero attached hydrogens (tertiary/aromatic N) is 1. The first-order valence-corrected chi connectivity index (χ1v) is 9.89. The summed E-state index contributed by atoms with van der Waals surface area (Å²) in [5, 5.41) is 24.3. The van der Waals surface area contributed by atoms with Gasteiger partial charge in [-0.2, -0.15) is 0 Å². The lowest BCUT2D eigenvalue weighted by Crippen LogP contribution is -2.31. The third kappa shape index (κ3) is 5.76. The predicted octanol–water partition coefficient (Wildman–Crippen LogP) is 2.66. The van der Waals surface area contributed by atoms with Crippen molar-refractivity contribution >= 4 is 16.8 Å². The van der Waals surface area contributed by atoms with Gasteiger partial charge in [0, 0.05) is 30.8 Å². The van der Waals surface area contributed by atoms with E-state index in [-0.39, 0.29) is 17.4 Å². The summed E-state index contributed by atoms with van der Waals surface area (Å²) in [7, 11) is 0. The molecule has 1 heterocycles. The highest BCUT2D eigenvalue weighted by Crippen LogP contribution is 2.22. The number of rotatable bonds is 10. The van der Waals surface area contributed by atoms with Crippen LogP contribution in [0.1, 0.15) is 40.9 Å². The number of phenols is 1. The van der Waals surface area contributed by atoms with Crippen LogP contribution in [0.2, 0.25) is 0 Å². The van der Waals surface area contributed by atoms with E-state index in [0.717, 1.165) is 22.9 Å². The average molecular weight is 409 g/mol.